The van der Waals surface area contributed by atoms with Gasteiger partial charge in [0.1, 0.15) is 30.2 Å². The zero-order valence-corrected chi connectivity index (χ0v) is 34.7. The molecule has 0 aromatic heterocycles. The summed E-state index contributed by atoms with van der Waals surface area (Å²) < 4.78 is 72.6. The van der Waals surface area contributed by atoms with Crippen molar-refractivity contribution in [1.29, 1.82) is 0 Å². The van der Waals surface area contributed by atoms with Gasteiger partial charge in [0.25, 0.3) is 0 Å². The van der Waals surface area contributed by atoms with Gasteiger partial charge < -0.3 is 31.9 Å². The second-order valence-corrected chi connectivity index (χ2v) is 17.6. The molecule has 57 heavy (non-hydrogen) atoms. The maximum absolute atomic E-state index is 15.0. The zero-order valence-electron chi connectivity index (χ0n) is 33.9. The average molecular weight is 834 g/mol. The van der Waals surface area contributed by atoms with Crippen LogP contribution in [0.1, 0.15) is 81.2 Å². The molecule has 19 heteroatoms. The fraction of sp³-hybridized carbons (Fsp3) is 0.684. The minimum atomic E-state index is -2.42. The van der Waals surface area contributed by atoms with Crippen LogP contribution in [0.15, 0.2) is 0 Å². The van der Waals surface area contributed by atoms with Crippen LogP contribution in [0.25, 0.3) is 0 Å². The SMILES string of the molecule is CC(C)C[C@H]1NC(=O)[C@H](Cc2c(F)c(F)c(F)c(F)c2F)NC(=O)[C@@H](C(C)C)NC(=O)[C@@H]2CSC(N2)[C@H](C(C)C)NC(=O)[C@@H](C(C)C)NC(=O)[C@H](C(C)C)NC1=O. The van der Waals surface area contributed by atoms with Crippen LogP contribution in [-0.2, 0) is 35.2 Å². The van der Waals surface area contributed by atoms with E-state index in [1.54, 1.807) is 55.4 Å². The molecule has 0 aliphatic carbocycles. The molecule has 0 radical (unpaired) electrons. The molecular formula is C38H56F5N7O6S. The summed E-state index contributed by atoms with van der Waals surface area (Å²) >= 11 is 1.35. The number of thioether (sulfide) groups is 1. The Morgan fingerprint density at radius 1 is 0.509 bits per heavy atom. The summed E-state index contributed by atoms with van der Waals surface area (Å²) in [5.74, 6) is -18.1. The summed E-state index contributed by atoms with van der Waals surface area (Å²) in [6.07, 6.45) is -1.30. The predicted octanol–water partition coefficient (Wildman–Crippen LogP) is 2.55. The largest absolute Gasteiger partial charge is 0.349 e. The number of amides is 6. The summed E-state index contributed by atoms with van der Waals surface area (Å²) in [6.45, 7) is 17.1. The highest BCUT2D eigenvalue weighted by Gasteiger charge is 2.41. The predicted molar refractivity (Wildman–Crippen MR) is 203 cm³/mol. The van der Waals surface area contributed by atoms with Crippen molar-refractivity contribution in [1.82, 2.24) is 37.2 Å². The van der Waals surface area contributed by atoms with Crippen molar-refractivity contribution < 1.29 is 50.7 Å². The molecule has 0 spiro atoms. The highest BCUT2D eigenvalue weighted by molar-refractivity contribution is 8.00. The molecule has 8 atom stereocenters. The van der Waals surface area contributed by atoms with Gasteiger partial charge in [-0.3, -0.25) is 34.1 Å². The third-order valence-electron chi connectivity index (χ3n) is 9.90. The van der Waals surface area contributed by atoms with Gasteiger partial charge in [-0.15, -0.1) is 11.8 Å². The zero-order chi connectivity index (χ0) is 43.2. The molecule has 1 aromatic carbocycles. The van der Waals surface area contributed by atoms with E-state index in [-0.39, 0.29) is 24.0 Å². The maximum Gasteiger partial charge on any atom is 0.243 e. The lowest BCUT2D eigenvalue weighted by atomic mass is 9.97. The minimum Gasteiger partial charge on any atom is -0.349 e. The molecule has 1 unspecified atom stereocenters. The summed E-state index contributed by atoms with van der Waals surface area (Å²) in [6, 6.07) is -8.51. The van der Waals surface area contributed by atoms with Gasteiger partial charge >= 0.3 is 0 Å². The van der Waals surface area contributed by atoms with Crippen LogP contribution in [0.5, 0.6) is 0 Å². The number of benzene rings is 1. The number of hydrogen-bond donors (Lipinski definition) is 7. The molecule has 2 heterocycles. The van der Waals surface area contributed by atoms with Gasteiger partial charge in [-0.1, -0.05) is 69.2 Å². The Kier molecular flexibility index (Phi) is 16.7. The molecule has 7 N–H and O–H groups in total. The van der Waals surface area contributed by atoms with Crippen molar-refractivity contribution in [2.45, 2.75) is 130 Å². The number of carbonyl (C=O) groups excluding carboxylic acids is 6. The molecule has 0 saturated carbocycles. The van der Waals surface area contributed by atoms with Crippen molar-refractivity contribution in [3.8, 4) is 0 Å². The highest BCUT2D eigenvalue weighted by Crippen LogP contribution is 2.27. The number of rotatable bonds is 8. The quantitative estimate of drug-likeness (QED) is 0.118. The molecule has 6 amide bonds. The monoisotopic (exact) mass is 833 g/mol. The molecule has 2 fully saturated rings. The highest BCUT2D eigenvalue weighted by atomic mass is 32.2. The number of carbonyl (C=O) groups is 6. The third-order valence-corrected chi connectivity index (χ3v) is 11.2. The van der Waals surface area contributed by atoms with Gasteiger partial charge in [0, 0.05) is 17.7 Å². The Morgan fingerprint density at radius 2 is 0.912 bits per heavy atom. The summed E-state index contributed by atoms with van der Waals surface area (Å²) in [7, 11) is 0. The van der Waals surface area contributed by atoms with Crippen LogP contribution in [0.4, 0.5) is 22.0 Å². The van der Waals surface area contributed by atoms with E-state index < -0.39 is 142 Å². The molecule has 2 aliphatic heterocycles. The second kappa shape index (κ2) is 20.1. The number of fused-ring (bicyclic) bond motifs is 2. The number of nitrogens with one attached hydrogen (secondary N) is 7. The third kappa shape index (κ3) is 11.8. The van der Waals surface area contributed by atoms with Crippen molar-refractivity contribution in [3.63, 3.8) is 0 Å². The molecular weight excluding hydrogens is 778 g/mol. The van der Waals surface area contributed by atoms with Gasteiger partial charge in [0.15, 0.2) is 23.3 Å². The maximum atomic E-state index is 15.0. The Labute approximate surface area is 334 Å². The molecule has 3 rings (SSSR count). The number of hydrogen-bond acceptors (Lipinski definition) is 8. The number of halogens is 5. The van der Waals surface area contributed by atoms with Crippen LogP contribution in [0.2, 0.25) is 0 Å². The Bertz CT molecular complexity index is 1650. The summed E-state index contributed by atoms with van der Waals surface area (Å²) in [5, 5.41) is 18.5. The topological polar surface area (TPSA) is 187 Å². The van der Waals surface area contributed by atoms with Crippen LogP contribution in [0.3, 0.4) is 0 Å². The fourth-order valence-corrected chi connectivity index (χ4v) is 8.03. The average Bonchev–Trinajstić information content (AvgIpc) is 3.61. The van der Waals surface area contributed by atoms with E-state index in [0.29, 0.717) is 0 Å². The van der Waals surface area contributed by atoms with Crippen LogP contribution < -0.4 is 37.2 Å². The molecule has 2 bridgehead atoms. The smallest absolute Gasteiger partial charge is 0.243 e. The fourth-order valence-electron chi connectivity index (χ4n) is 6.53. The Hall–Kier alpha value is -4.00. The van der Waals surface area contributed by atoms with E-state index in [0.717, 1.165) is 0 Å². The molecule has 13 nitrogen and oxygen atoms in total. The van der Waals surface area contributed by atoms with Crippen LogP contribution >= 0.6 is 11.8 Å². The van der Waals surface area contributed by atoms with Gasteiger partial charge in [0.2, 0.25) is 41.3 Å². The van der Waals surface area contributed by atoms with Crippen molar-refractivity contribution >= 4 is 47.2 Å². The minimum absolute atomic E-state index is 0.0565. The Morgan fingerprint density at radius 3 is 1.39 bits per heavy atom. The molecule has 1 aromatic rings. The van der Waals surface area contributed by atoms with Crippen molar-refractivity contribution in [2.75, 3.05) is 5.75 Å². The lowest BCUT2D eigenvalue weighted by Crippen LogP contribution is -2.61. The van der Waals surface area contributed by atoms with Gasteiger partial charge in [-0.25, -0.2) is 22.0 Å². The van der Waals surface area contributed by atoms with E-state index in [4.69, 9.17) is 0 Å². The lowest BCUT2D eigenvalue weighted by Gasteiger charge is -2.32. The van der Waals surface area contributed by atoms with E-state index in [9.17, 15) is 41.9 Å². The second-order valence-electron chi connectivity index (χ2n) is 16.4. The molecule has 320 valence electrons. The first-order valence-corrected chi connectivity index (χ1v) is 20.2. The van der Waals surface area contributed by atoms with Crippen LogP contribution in [0, 0.1) is 58.7 Å². The van der Waals surface area contributed by atoms with Crippen molar-refractivity contribution in [3.05, 3.63) is 34.6 Å². The van der Waals surface area contributed by atoms with Gasteiger partial charge in [-0.05, 0) is 36.0 Å². The Balaban J connectivity index is 2.17. The first kappa shape index (κ1) is 47.4. The molecule has 2 aliphatic rings. The van der Waals surface area contributed by atoms with E-state index in [2.05, 4.69) is 37.2 Å². The van der Waals surface area contributed by atoms with E-state index in [1.165, 1.54) is 11.8 Å². The summed E-state index contributed by atoms with van der Waals surface area (Å²) in [5.41, 5.74) is -1.40. The first-order chi connectivity index (χ1) is 26.5. The lowest BCUT2D eigenvalue weighted by molar-refractivity contribution is -0.136. The summed E-state index contributed by atoms with van der Waals surface area (Å²) in [4.78, 5) is 83.0. The normalized spacial score (nSPS) is 27.6. The van der Waals surface area contributed by atoms with E-state index in [1.807, 2.05) is 13.8 Å². The first-order valence-electron chi connectivity index (χ1n) is 19.2. The van der Waals surface area contributed by atoms with Crippen molar-refractivity contribution in [2.24, 2.45) is 29.6 Å². The molecule has 2 saturated heterocycles. The van der Waals surface area contributed by atoms with Gasteiger partial charge in [0.05, 0.1) is 17.5 Å². The van der Waals surface area contributed by atoms with E-state index >= 15 is 8.78 Å². The standard InChI is InChI=1S/C38H56F5N7O6S/c1-14(2)11-20-33(52)47-29(16(5)6)36(55)49-30(17(7)8)37(56)50-31(18(9)10)38-46-22(13-57-38)34(53)48-28(15(3)4)35(54)45-21(32(51)44-20)12-19-23(39)25(41)27(43)26(42)24(19)40/h14-18,20-22,28-31,38,46H,11-13H2,1-10H3,(H,44,51)(H,45,54)(H,47,52)(H,48,53)(H,49,55)(H,50,56)/t20-,21+,22+,28-,29+,30-,31+,38?/m1/s1. The van der Waals surface area contributed by atoms with Crippen LogP contribution in [-0.4, -0.2) is 88.9 Å². The van der Waals surface area contributed by atoms with Gasteiger partial charge in [-0.2, -0.15) is 0 Å².